The SMILES string of the molecule is COC[C@H]1CN(c2ccc(CCCC3(C(F)(F)F)OCCO3)cc2)C(=O)O1. The lowest BCUT2D eigenvalue weighted by atomic mass is 10.0. The minimum absolute atomic E-state index is 0.0514. The van der Waals surface area contributed by atoms with Gasteiger partial charge in [-0.1, -0.05) is 12.1 Å². The monoisotopic (exact) mass is 389 g/mol. The van der Waals surface area contributed by atoms with E-state index in [0.29, 0.717) is 25.3 Å². The minimum atomic E-state index is -4.55. The molecule has 0 aliphatic carbocycles. The summed E-state index contributed by atoms with van der Waals surface area (Å²) in [4.78, 5) is 13.4. The number of carbonyl (C=O) groups is 1. The smallest absolute Gasteiger partial charge is 0.441 e. The lowest BCUT2D eigenvalue weighted by molar-refractivity contribution is -0.346. The summed E-state index contributed by atoms with van der Waals surface area (Å²) in [5.41, 5.74) is 1.55. The Hall–Kier alpha value is -1.84. The summed E-state index contributed by atoms with van der Waals surface area (Å²) in [6.07, 6.45) is -4.85. The highest BCUT2D eigenvalue weighted by Gasteiger charge is 2.59. The molecule has 0 saturated carbocycles. The second kappa shape index (κ2) is 8.04. The fourth-order valence-corrected chi connectivity index (χ4v) is 3.28. The highest BCUT2D eigenvalue weighted by Crippen LogP contribution is 2.41. The summed E-state index contributed by atoms with van der Waals surface area (Å²) in [6, 6.07) is 7.10. The number of rotatable bonds is 7. The summed E-state index contributed by atoms with van der Waals surface area (Å²) in [6.45, 7) is 0.620. The molecule has 0 N–H and O–H groups in total. The van der Waals surface area contributed by atoms with Gasteiger partial charge in [-0.3, -0.25) is 4.90 Å². The zero-order valence-corrected chi connectivity index (χ0v) is 15.0. The van der Waals surface area contributed by atoms with Gasteiger partial charge < -0.3 is 18.9 Å². The van der Waals surface area contributed by atoms with Gasteiger partial charge in [0.25, 0.3) is 5.79 Å². The number of hydrogen-bond acceptors (Lipinski definition) is 5. The highest BCUT2D eigenvalue weighted by atomic mass is 19.4. The van der Waals surface area contributed by atoms with Crippen LogP contribution in [0.2, 0.25) is 0 Å². The van der Waals surface area contributed by atoms with Crippen LogP contribution < -0.4 is 4.90 Å². The average molecular weight is 389 g/mol. The van der Waals surface area contributed by atoms with E-state index in [9.17, 15) is 18.0 Å². The molecule has 1 atom stereocenters. The number of amides is 1. The predicted molar refractivity (Wildman–Crippen MR) is 89.6 cm³/mol. The van der Waals surface area contributed by atoms with E-state index in [1.807, 2.05) is 0 Å². The number of ether oxygens (including phenoxy) is 4. The number of nitrogens with zero attached hydrogens (tertiary/aromatic N) is 1. The molecular weight excluding hydrogens is 367 g/mol. The van der Waals surface area contributed by atoms with E-state index in [4.69, 9.17) is 18.9 Å². The fraction of sp³-hybridized carbons (Fsp3) is 0.611. The van der Waals surface area contributed by atoms with Crippen LogP contribution in [-0.4, -0.2) is 57.6 Å². The maximum absolute atomic E-state index is 13.2. The number of alkyl halides is 3. The van der Waals surface area contributed by atoms with Crippen LogP contribution >= 0.6 is 0 Å². The standard InChI is InChI=1S/C18H22F3NO5/c1-24-12-15-11-22(16(23)27-15)14-6-4-13(5-7-14)3-2-8-17(18(19,20)21)25-9-10-26-17/h4-7,15H,2-3,8-12H2,1H3/t15-/m1/s1. The van der Waals surface area contributed by atoms with Gasteiger partial charge in [-0.15, -0.1) is 0 Å². The lowest BCUT2D eigenvalue weighted by Crippen LogP contribution is -2.46. The number of carbonyl (C=O) groups excluding carboxylic acids is 1. The fourth-order valence-electron chi connectivity index (χ4n) is 3.28. The zero-order chi connectivity index (χ0) is 19.5. The van der Waals surface area contributed by atoms with Crippen LogP contribution in [0.25, 0.3) is 0 Å². The maximum atomic E-state index is 13.2. The van der Waals surface area contributed by atoms with Crippen molar-refractivity contribution in [3.8, 4) is 0 Å². The van der Waals surface area contributed by atoms with Gasteiger partial charge in [0.15, 0.2) is 0 Å². The molecule has 0 spiro atoms. The van der Waals surface area contributed by atoms with Crippen LogP contribution in [0.1, 0.15) is 18.4 Å². The van der Waals surface area contributed by atoms with E-state index in [1.54, 1.807) is 24.3 Å². The van der Waals surface area contributed by atoms with Crippen molar-refractivity contribution in [2.75, 3.05) is 38.4 Å². The number of hydrogen-bond donors (Lipinski definition) is 0. The van der Waals surface area contributed by atoms with Gasteiger partial charge >= 0.3 is 12.3 Å². The van der Waals surface area contributed by atoms with Crippen LogP contribution in [0.15, 0.2) is 24.3 Å². The molecule has 1 amide bonds. The summed E-state index contributed by atoms with van der Waals surface area (Å²) < 4.78 is 59.4. The Morgan fingerprint density at radius 1 is 1.22 bits per heavy atom. The van der Waals surface area contributed by atoms with E-state index >= 15 is 0 Å². The molecule has 2 heterocycles. The van der Waals surface area contributed by atoms with Gasteiger partial charge in [0.1, 0.15) is 6.10 Å². The Morgan fingerprint density at radius 2 is 1.89 bits per heavy atom. The molecule has 2 fully saturated rings. The molecule has 150 valence electrons. The zero-order valence-electron chi connectivity index (χ0n) is 15.0. The van der Waals surface area contributed by atoms with Gasteiger partial charge in [-0.05, 0) is 30.5 Å². The van der Waals surface area contributed by atoms with Crippen molar-refractivity contribution in [2.45, 2.75) is 37.3 Å². The molecule has 1 aromatic rings. The number of cyclic esters (lactones) is 1. The first-order valence-corrected chi connectivity index (χ1v) is 8.75. The Morgan fingerprint density at radius 3 is 2.48 bits per heavy atom. The molecule has 2 aliphatic heterocycles. The first kappa shape index (κ1) is 19.9. The Labute approximate surface area is 155 Å². The van der Waals surface area contributed by atoms with E-state index in [1.165, 1.54) is 12.0 Å². The van der Waals surface area contributed by atoms with E-state index in [0.717, 1.165) is 5.56 Å². The van der Waals surface area contributed by atoms with Gasteiger partial charge in [-0.2, -0.15) is 13.2 Å². The van der Waals surface area contributed by atoms with Crippen LogP contribution in [0.5, 0.6) is 0 Å². The Balaban J connectivity index is 1.55. The van der Waals surface area contributed by atoms with Crippen molar-refractivity contribution < 1.29 is 36.9 Å². The average Bonchev–Trinajstić information content (AvgIpc) is 3.23. The van der Waals surface area contributed by atoms with Gasteiger partial charge in [0.2, 0.25) is 0 Å². The van der Waals surface area contributed by atoms with Crippen LogP contribution in [0, 0.1) is 0 Å². The molecule has 1 aromatic carbocycles. The van der Waals surface area contributed by atoms with Gasteiger partial charge in [-0.25, -0.2) is 4.79 Å². The van der Waals surface area contributed by atoms with Gasteiger partial charge in [0, 0.05) is 19.2 Å². The number of anilines is 1. The second-order valence-electron chi connectivity index (χ2n) is 6.54. The van der Waals surface area contributed by atoms with Crippen molar-refractivity contribution in [2.24, 2.45) is 0 Å². The summed E-state index contributed by atoms with van der Waals surface area (Å²) in [5, 5.41) is 0. The summed E-state index contributed by atoms with van der Waals surface area (Å²) in [5.74, 6) is -2.48. The third-order valence-corrected chi connectivity index (χ3v) is 4.63. The van der Waals surface area contributed by atoms with Crippen LogP contribution in [0.4, 0.5) is 23.7 Å². The largest absolute Gasteiger partial charge is 0.443 e. The minimum Gasteiger partial charge on any atom is -0.441 e. The molecular formula is C18H22F3NO5. The van der Waals surface area contributed by atoms with Crippen LogP contribution in [0.3, 0.4) is 0 Å². The Bertz CT molecular complexity index is 643. The van der Waals surface area contributed by atoms with E-state index in [-0.39, 0.29) is 32.2 Å². The van der Waals surface area contributed by atoms with Crippen molar-refractivity contribution in [1.29, 1.82) is 0 Å². The molecule has 2 aliphatic rings. The third-order valence-electron chi connectivity index (χ3n) is 4.63. The van der Waals surface area contributed by atoms with Crippen molar-refractivity contribution in [1.82, 2.24) is 0 Å². The van der Waals surface area contributed by atoms with Crippen molar-refractivity contribution in [3.63, 3.8) is 0 Å². The number of benzene rings is 1. The molecule has 2 saturated heterocycles. The number of aryl methyl sites for hydroxylation is 1. The quantitative estimate of drug-likeness (QED) is 0.716. The predicted octanol–water partition coefficient (Wildman–Crippen LogP) is 3.29. The first-order chi connectivity index (χ1) is 12.8. The van der Waals surface area contributed by atoms with E-state index < -0.39 is 18.1 Å². The lowest BCUT2D eigenvalue weighted by Gasteiger charge is -2.29. The Kier molecular flexibility index (Phi) is 5.92. The molecule has 6 nitrogen and oxygen atoms in total. The third kappa shape index (κ3) is 4.36. The van der Waals surface area contributed by atoms with Crippen molar-refractivity contribution in [3.05, 3.63) is 29.8 Å². The maximum Gasteiger partial charge on any atom is 0.443 e. The summed E-state index contributed by atoms with van der Waals surface area (Å²) >= 11 is 0. The molecule has 0 bridgehead atoms. The van der Waals surface area contributed by atoms with E-state index in [2.05, 4.69) is 0 Å². The number of methoxy groups -OCH3 is 1. The molecule has 3 rings (SSSR count). The molecule has 0 aromatic heterocycles. The molecule has 27 heavy (non-hydrogen) atoms. The topological polar surface area (TPSA) is 57.2 Å². The molecule has 0 radical (unpaired) electrons. The number of halogens is 3. The highest BCUT2D eigenvalue weighted by molar-refractivity contribution is 5.89. The van der Waals surface area contributed by atoms with Crippen LogP contribution in [-0.2, 0) is 25.4 Å². The summed E-state index contributed by atoms with van der Waals surface area (Å²) in [7, 11) is 1.54. The first-order valence-electron chi connectivity index (χ1n) is 8.75. The van der Waals surface area contributed by atoms with Gasteiger partial charge in [0.05, 0.1) is 26.4 Å². The normalized spacial score (nSPS) is 22.3. The van der Waals surface area contributed by atoms with Crippen molar-refractivity contribution >= 4 is 11.8 Å². The molecule has 9 heteroatoms. The second-order valence-corrected chi connectivity index (χ2v) is 6.54. The molecule has 0 unspecified atom stereocenters.